The Bertz CT molecular complexity index is 1070. The van der Waals surface area contributed by atoms with E-state index in [1.807, 2.05) is 12.2 Å². The first-order valence-electron chi connectivity index (χ1n) is 23.8. The van der Waals surface area contributed by atoms with Gasteiger partial charge >= 0.3 is 19.8 Å². The summed E-state index contributed by atoms with van der Waals surface area (Å²) in [6.07, 6.45) is 43.4. The number of unbranched alkanes of at least 4 members (excludes halogenated alkanes) is 27. The highest BCUT2D eigenvalue weighted by molar-refractivity contribution is 7.47. The summed E-state index contributed by atoms with van der Waals surface area (Å²) in [5.74, 6) is -0.701. The summed E-state index contributed by atoms with van der Waals surface area (Å²) in [4.78, 5) is 46.7. The summed E-state index contributed by atoms with van der Waals surface area (Å²) >= 11 is 0. The highest BCUT2D eigenvalue weighted by Crippen LogP contribution is 2.43. The summed E-state index contributed by atoms with van der Waals surface area (Å²) in [6.45, 7) is 3.56. The monoisotopic (exact) mass is 842 g/mol. The van der Waals surface area contributed by atoms with Crippen LogP contribution in [0, 0.1) is 0 Å². The lowest BCUT2D eigenvalue weighted by Crippen LogP contribution is -2.29. The van der Waals surface area contributed by atoms with Gasteiger partial charge in [-0.05, 0) is 38.2 Å². The van der Waals surface area contributed by atoms with Crippen molar-refractivity contribution in [3.05, 3.63) is 24.3 Å². The van der Waals surface area contributed by atoms with Gasteiger partial charge in [0.1, 0.15) is 6.61 Å². The molecule has 3 N–H and O–H groups in total. The second kappa shape index (κ2) is 43.3. The van der Waals surface area contributed by atoms with E-state index in [-0.39, 0.29) is 38.4 Å². The second-order valence-corrected chi connectivity index (χ2v) is 17.5. The van der Waals surface area contributed by atoms with Crippen LogP contribution in [0.5, 0.6) is 0 Å². The Morgan fingerprint density at radius 1 is 0.552 bits per heavy atom. The highest BCUT2D eigenvalue weighted by Gasteiger charge is 2.26. The van der Waals surface area contributed by atoms with Gasteiger partial charge in [0.05, 0.1) is 13.2 Å². The molecule has 0 saturated heterocycles. The van der Waals surface area contributed by atoms with Crippen LogP contribution in [-0.4, -0.2) is 55.1 Å². The number of esters is 2. The topological polar surface area (TPSA) is 151 Å². The van der Waals surface area contributed by atoms with Crippen LogP contribution in [0.3, 0.4) is 0 Å². The van der Waals surface area contributed by atoms with Gasteiger partial charge in [0.25, 0.3) is 0 Å². The summed E-state index contributed by atoms with van der Waals surface area (Å²) in [6, 6.07) is 0. The van der Waals surface area contributed by atoms with Gasteiger partial charge in [0.2, 0.25) is 0 Å². The third-order valence-electron chi connectivity index (χ3n) is 10.3. The van der Waals surface area contributed by atoms with E-state index in [0.29, 0.717) is 19.3 Å². The molecule has 0 aromatic carbocycles. The van der Waals surface area contributed by atoms with Crippen molar-refractivity contribution in [2.45, 2.75) is 232 Å². The van der Waals surface area contributed by atoms with Gasteiger partial charge < -0.3 is 20.1 Å². The van der Waals surface area contributed by atoms with Gasteiger partial charge in [-0.15, -0.1) is 0 Å². The molecule has 11 heteroatoms. The largest absolute Gasteiger partial charge is 0.472 e. The molecule has 0 aliphatic rings. The molecule has 0 heterocycles. The number of nitrogens with two attached hydrogens (primary N) is 1. The van der Waals surface area contributed by atoms with Crippen molar-refractivity contribution >= 4 is 25.5 Å². The standard InChI is InChI=1S/C47H88NO9P/c1-3-5-7-8-9-10-11-12-13-14-15-16-17-18-19-20-21-24-28-31-35-39-47(51)57-45(43-56-58(52,53)55-41-40-48)42-54-46(50)38-34-30-27-25-22-23-26-29-33-37-44(49)36-32-6-4-2/h26,29,33,37,45H,3-25,27-28,30-32,34-36,38-43,48H2,1-2H3,(H,52,53)/b29-26-,37-33+/t45-/m1/s1. The van der Waals surface area contributed by atoms with Crippen LogP contribution in [0.1, 0.15) is 226 Å². The Labute approximate surface area is 355 Å². The van der Waals surface area contributed by atoms with Gasteiger partial charge in [-0.3, -0.25) is 23.4 Å². The summed E-state index contributed by atoms with van der Waals surface area (Å²) in [7, 11) is -4.39. The van der Waals surface area contributed by atoms with Crippen molar-refractivity contribution in [1.82, 2.24) is 0 Å². The third kappa shape index (κ3) is 42.3. The molecule has 0 aromatic rings. The van der Waals surface area contributed by atoms with E-state index in [9.17, 15) is 23.8 Å². The molecule has 0 aliphatic heterocycles. The normalized spacial score (nSPS) is 13.3. The molecule has 0 bridgehead atoms. The lowest BCUT2D eigenvalue weighted by Gasteiger charge is -2.19. The molecule has 0 amide bonds. The van der Waals surface area contributed by atoms with Crippen molar-refractivity contribution in [2.24, 2.45) is 5.73 Å². The zero-order chi connectivity index (χ0) is 42.6. The fraction of sp³-hybridized carbons (Fsp3) is 0.851. The molecule has 0 saturated carbocycles. The number of phosphoric ester groups is 1. The predicted molar refractivity (Wildman–Crippen MR) is 239 cm³/mol. The van der Waals surface area contributed by atoms with E-state index < -0.39 is 32.5 Å². The summed E-state index contributed by atoms with van der Waals surface area (Å²) in [5, 5.41) is 0. The Balaban J connectivity index is 4.10. The van der Waals surface area contributed by atoms with E-state index in [4.69, 9.17) is 24.3 Å². The lowest BCUT2D eigenvalue weighted by atomic mass is 10.0. The molecule has 0 radical (unpaired) electrons. The maximum Gasteiger partial charge on any atom is 0.472 e. The number of hydrogen-bond donors (Lipinski definition) is 2. The zero-order valence-electron chi connectivity index (χ0n) is 37.3. The van der Waals surface area contributed by atoms with Gasteiger partial charge in [0, 0.05) is 25.8 Å². The summed E-state index contributed by atoms with van der Waals surface area (Å²) < 4.78 is 32.8. The number of ketones is 1. The molecule has 0 rings (SSSR count). The minimum absolute atomic E-state index is 0.0422. The molecular weight excluding hydrogens is 753 g/mol. The maximum atomic E-state index is 12.6. The lowest BCUT2D eigenvalue weighted by molar-refractivity contribution is -0.161. The summed E-state index contributed by atoms with van der Waals surface area (Å²) in [5.41, 5.74) is 5.35. The van der Waals surface area contributed by atoms with Crippen LogP contribution < -0.4 is 5.73 Å². The van der Waals surface area contributed by atoms with Crippen molar-refractivity contribution < 1.29 is 42.4 Å². The quantitative estimate of drug-likeness (QED) is 0.0199. The van der Waals surface area contributed by atoms with E-state index in [1.54, 1.807) is 6.08 Å². The SMILES string of the molecule is CCCCCCCCCCCCCCCCCCCCCCCC(=O)O[C@H](COC(=O)CCCCCCC/C=C\C=C\C(=O)CCCCC)COP(=O)(O)OCCN. The number of carbonyl (C=O) groups excluding carboxylic acids is 3. The minimum Gasteiger partial charge on any atom is -0.462 e. The van der Waals surface area contributed by atoms with E-state index in [1.165, 1.54) is 109 Å². The number of rotatable bonds is 45. The van der Waals surface area contributed by atoms with Crippen LogP contribution in [-0.2, 0) is 37.5 Å². The first kappa shape index (κ1) is 56.2. The first-order valence-corrected chi connectivity index (χ1v) is 25.3. The van der Waals surface area contributed by atoms with E-state index in [0.717, 1.165) is 70.6 Å². The first-order chi connectivity index (χ1) is 28.2. The number of ether oxygens (including phenoxy) is 2. The maximum absolute atomic E-state index is 12.6. The van der Waals surface area contributed by atoms with E-state index >= 15 is 0 Å². The molecule has 2 atom stereocenters. The number of hydrogen-bond acceptors (Lipinski definition) is 9. The van der Waals surface area contributed by atoms with Crippen LogP contribution in [0.15, 0.2) is 24.3 Å². The molecule has 0 aliphatic carbocycles. The Kier molecular flexibility index (Phi) is 41.9. The van der Waals surface area contributed by atoms with Crippen molar-refractivity contribution in [3.8, 4) is 0 Å². The van der Waals surface area contributed by atoms with Gasteiger partial charge in [0.15, 0.2) is 11.9 Å². The molecule has 0 aromatic heterocycles. The minimum atomic E-state index is -4.39. The number of carbonyl (C=O) groups is 3. The number of phosphoric acid groups is 1. The number of allylic oxidation sites excluding steroid dienone is 4. The Morgan fingerprint density at radius 3 is 1.48 bits per heavy atom. The van der Waals surface area contributed by atoms with Crippen molar-refractivity contribution in [2.75, 3.05) is 26.4 Å². The third-order valence-corrected chi connectivity index (χ3v) is 11.3. The Hall–Kier alpha value is -1.84. The van der Waals surface area contributed by atoms with Crippen LogP contribution in [0.4, 0.5) is 0 Å². The second-order valence-electron chi connectivity index (χ2n) is 16.0. The van der Waals surface area contributed by atoms with Crippen LogP contribution in [0.2, 0.25) is 0 Å². The Morgan fingerprint density at radius 2 is 0.983 bits per heavy atom. The zero-order valence-corrected chi connectivity index (χ0v) is 38.2. The highest BCUT2D eigenvalue weighted by atomic mass is 31.2. The van der Waals surface area contributed by atoms with Crippen LogP contribution >= 0.6 is 7.82 Å². The molecule has 0 spiro atoms. The molecule has 340 valence electrons. The van der Waals surface area contributed by atoms with E-state index in [2.05, 4.69) is 19.9 Å². The average Bonchev–Trinajstić information content (AvgIpc) is 3.20. The average molecular weight is 842 g/mol. The van der Waals surface area contributed by atoms with Gasteiger partial charge in [-0.1, -0.05) is 193 Å². The fourth-order valence-electron chi connectivity index (χ4n) is 6.74. The molecular formula is C47H88NO9P. The predicted octanol–water partition coefficient (Wildman–Crippen LogP) is 13.1. The van der Waals surface area contributed by atoms with Crippen LogP contribution in [0.25, 0.3) is 0 Å². The molecule has 1 unspecified atom stereocenters. The molecule has 0 fully saturated rings. The molecule has 58 heavy (non-hydrogen) atoms. The smallest absolute Gasteiger partial charge is 0.462 e. The van der Waals surface area contributed by atoms with Crippen molar-refractivity contribution in [1.29, 1.82) is 0 Å². The van der Waals surface area contributed by atoms with Crippen molar-refractivity contribution in [3.63, 3.8) is 0 Å². The van der Waals surface area contributed by atoms with Gasteiger partial charge in [-0.2, -0.15) is 0 Å². The molecule has 10 nitrogen and oxygen atoms in total. The fourth-order valence-corrected chi connectivity index (χ4v) is 7.50. The van der Waals surface area contributed by atoms with Gasteiger partial charge in [-0.25, -0.2) is 4.57 Å².